The SMILES string of the molecule is CCC(=O)N1CCC(OCCN(CCOC2CCN(C(=O)CC)CC2)C(C)C)CC1. The average molecular weight is 426 g/mol. The van der Waals surface area contributed by atoms with Crippen molar-refractivity contribution in [3.8, 4) is 0 Å². The first-order valence-electron chi connectivity index (χ1n) is 12.0. The minimum absolute atomic E-state index is 0.252. The van der Waals surface area contributed by atoms with Crippen LogP contribution in [0.25, 0.3) is 0 Å². The number of ether oxygens (including phenoxy) is 2. The largest absolute Gasteiger partial charge is 0.377 e. The number of hydrogen-bond acceptors (Lipinski definition) is 5. The molecule has 2 heterocycles. The highest BCUT2D eigenvalue weighted by Crippen LogP contribution is 2.16. The van der Waals surface area contributed by atoms with E-state index in [9.17, 15) is 9.59 Å². The van der Waals surface area contributed by atoms with Gasteiger partial charge >= 0.3 is 0 Å². The van der Waals surface area contributed by atoms with Gasteiger partial charge in [-0.1, -0.05) is 13.8 Å². The Hall–Kier alpha value is -1.18. The van der Waals surface area contributed by atoms with Crippen LogP contribution < -0.4 is 0 Å². The molecule has 2 amide bonds. The molecule has 7 nitrogen and oxygen atoms in total. The highest BCUT2D eigenvalue weighted by atomic mass is 16.5. The van der Waals surface area contributed by atoms with Crippen molar-refractivity contribution in [3.63, 3.8) is 0 Å². The Bertz CT molecular complexity index is 471. The van der Waals surface area contributed by atoms with Crippen LogP contribution in [0.5, 0.6) is 0 Å². The maximum Gasteiger partial charge on any atom is 0.222 e. The van der Waals surface area contributed by atoms with Crippen LogP contribution in [0.15, 0.2) is 0 Å². The number of amides is 2. The lowest BCUT2D eigenvalue weighted by molar-refractivity contribution is -0.134. The first kappa shape index (κ1) is 25.1. The van der Waals surface area contributed by atoms with E-state index in [1.54, 1.807) is 0 Å². The number of carbonyl (C=O) groups is 2. The summed E-state index contributed by atoms with van der Waals surface area (Å²) in [6.07, 6.45) is 5.48. The van der Waals surface area contributed by atoms with Crippen LogP contribution in [-0.4, -0.2) is 97.2 Å². The lowest BCUT2D eigenvalue weighted by Gasteiger charge is -2.34. The molecule has 0 N–H and O–H groups in total. The van der Waals surface area contributed by atoms with Crippen molar-refractivity contribution in [1.82, 2.24) is 14.7 Å². The second-order valence-corrected chi connectivity index (χ2v) is 8.74. The zero-order valence-electron chi connectivity index (χ0n) is 19.6. The number of hydrogen-bond donors (Lipinski definition) is 0. The predicted molar refractivity (Wildman–Crippen MR) is 118 cm³/mol. The molecule has 2 fully saturated rings. The molecule has 174 valence electrons. The molecule has 7 heteroatoms. The Balaban J connectivity index is 1.59. The summed E-state index contributed by atoms with van der Waals surface area (Å²) >= 11 is 0. The van der Waals surface area contributed by atoms with E-state index in [1.165, 1.54) is 0 Å². The standard InChI is InChI=1S/C23H43N3O4/c1-5-22(27)25-11-7-20(8-12-25)29-17-15-24(19(3)4)16-18-30-21-9-13-26(14-10-21)23(28)6-2/h19-21H,5-18H2,1-4H3. The highest BCUT2D eigenvalue weighted by Gasteiger charge is 2.24. The van der Waals surface area contributed by atoms with Gasteiger partial charge in [-0.15, -0.1) is 0 Å². The normalized spacial score (nSPS) is 19.1. The third-order valence-corrected chi connectivity index (χ3v) is 6.39. The Labute approximate surface area is 183 Å². The predicted octanol–water partition coefficient (Wildman–Crippen LogP) is 2.53. The smallest absolute Gasteiger partial charge is 0.222 e. The molecule has 0 saturated carbocycles. The first-order valence-corrected chi connectivity index (χ1v) is 12.0. The van der Waals surface area contributed by atoms with Gasteiger partial charge in [0.1, 0.15) is 0 Å². The van der Waals surface area contributed by atoms with E-state index in [-0.39, 0.29) is 24.0 Å². The molecule has 2 rings (SSSR count). The summed E-state index contributed by atoms with van der Waals surface area (Å²) in [5.41, 5.74) is 0. The number of nitrogens with zero attached hydrogens (tertiary/aromatic N) is 3. The van der Waals surface area contributed by atoms with Crippen molar-refractivity contribution < 1.29 is 19.1 Å². The van der Waals surface area contributed by atoms with Crippen LogP contribution in [-0.2, 0) is 19.1 Å². The maximum atomic E-state index is 11.8. The van der Waals surface area contributed by atoms with E-state index in [4.69, 9.17) is 9.47 Å². The molecule has 0 atom stereocenters. The molecule has 0 aromatic rings. The summed E-state index contributed by atoms with van der Waals surface area (Å²) in [6.45, 7) is 14.8. The van der Waals surface area contributed by atoms with Gasteiger partial charge in [-0.2, -0.15) is 0 Å². The second-order valence-electron chi connectivity index (χ2n) is 8.74. The van der Waals surface area contributed by atoms with Gasteiger partial charge < -0.3 is 19.3 Å². The van der Waals surface area contributed by atoms with Gasteiger partial charge in [-0.3, -0.25) is 14.5 Å². The molecule has 0 aromatic carbocycles. The summed E-state index contributed by atoms with van der Waals surface area (Å²) < 4.78 is 12.2. The van der Waals surface area contributed by atoms with Crippen molar-refractivity contribution >= 4 is 11.8 Å². The van der Waals surface area contributed by atoms with Gasteiger partial charge in [0.15, 0.2) is 0 Å². The van der Waals surface area contributed by atoms with Crippen molar-refractivity contribution in [2.75, 3.05) is 52.5 Å². The van der Waals surface area contributed by atoms with E-state index in [2.05, 4.69) is 18.7 Å². The van der Waals surface area contributed by atoms with Gasteiger partial charge in [0.25, 0.3) is 0 Å². The van der Waals surface area contributed by atoms with Crippen molar-refractivity contribution in [3.05, 3.63) is 0 Å². The second kappa shape index (κ2) is 13.3. The zero-order chi connectivity index (χ0) is 21.9. The van der Waals surface area contributed by atoms with Crippen LogP contribution in [0.4, 0.5) is 0 Å². The fraction of sp³-hybridized carbons (Fsp3) is 0.913. The molecule has 30 heavy (non-hydrogen) atoms. The fourth-order valence-electron chi connectivity index (χ4n) is 4.29. The number of rotatable bonds is 11. The lowest BCUT2D eigenvalue weighted by atomic mass is 10.1. The molecular formula is C23H43N3O4. The Morgan fingerprint density at radius 3 is 1.47 bits per heavy atom. The van der Waals surface area contributed by atoms with E-state index in [0.29, 0.717) is 18.9 Å². The maximum absolute atomic E-state index is 11.8. The van der Waals surface area contributed by atoms with Gasteiger partial charge in [0, 0.05) is 58.2 Å². The minimum Gasteiger partial charge on any atom is -0.377 e. The van der Waals surface area contributed by atoms with Crippen LogP contribution in [0.1, 0.15) is 66.2 Å². The van der Waals surface area contributed by atoms with Crippen molar-refractivity contribution in [2.45, 2.75) is 84.5 Å². The summed E-state index contributed by atoms with van der Waals surface area (Å²) in [5.74, 6) is 0.504. The van der Waals surface area contributed by atoms with Crippen LogP contribution in [0, 0.1) is 0 Å². The van der Waals surface area contributed by atoms with Gasteiger partial charge in [-0.25, -0.2) is 0 Å². The van der Waals surface area contributed by atoms with E-state index < -0.39 is 0 Å². The van der Waals surface area contributed by atoms with E-state index in [1.807, 2.05) is 23.6 Å². The fourth-order valence-corrected chi connectivity index (χ4v) is 4.29. The quantitative estimate of drug-likeness (QED) is 0.509. The van der Waals surface area contributed by atoms with Gasteiger partial charge in [0.2, 0.25) is 11.8 Å². The molecule has 0 aromatic heterocycles. The number of piperidine rings is 2. The topological polar surface area (TPSA) is 62.3 Å². The summed E-state index contributed by atoms with van der Waals surface area (Å²) in [5, 5.41) is 0. The van der Waals surface area contributed by atoms with Crippen molar-refractivity contribution in [1.29, 1.82) is 0 Å². The number of likely N-dealkylation sites (tertiary alicyclic amines) is 2. The van der Waals surface area contributed by atoms with Crippen LogP contribution in [0.3, 0.4) is 0 Å². The lowest BCUT2D eigenvalue weighted by Crippen LogP contribution is -2.43. The average Bonchev–Trinajstić information content (AvgIpc) is 2.77. The first-order chi connectivity index (χ1) is 14.4. The molecular weight excluding hydrogens is 382 g/mol. The summed E-state index contributed by atoms with van der Waals surface area (Å²) in [4.78, 5) is 29.9. The minimum atomic E-state index is 0.252. The van der Waals surface area contributed by atoms with Crippen LogP contribution in [0.2, 0.25) is 0 Å². The monoisotopic (exact) mass is 425 g/mol. The molecule has 0 unspecified atom stereocenters. The van der Waals surface area contributed by atoms with Crippen molar-refractivity contribution in [2.24, 2.45) is 0 Å². The summed E-state index contributed by atoms with van der Waals surface area (Å²) in [7, 11) is 0. The third kappa shape index (κ3) is 8.16. The number of carbonyl (C=O) groups excluding carboxylic acids is 2. The Morgan fingerprint density at radius 2 is 1.17 bits per heavy atom. The molecule has 0 spiro atoms. The third-order valence-electron chi connectivity index (χ3n) is 6.39. The molecule has 2 saturated heterocycles. The molecule has 0 aliphatic carbocycles. The molecule has 0 bridgehead atoms. The van der Waals surface area contributed by atoms with Crippen LogP contribution >= 0.6 is 0 Å². The Morgan fingerprint density at radius 1 is 0.800 bits per heavy atom. The van der Waals surface area contributed by atoms with Gasteiger partial charge in [-0.05, 0) is 39.5 Å². The molecule has 2 aliphatic heterocycles. The van der Waals surface area contributed by atoms with E-state index >= 15 is 0 Å². The van der Waals surface area contributed by atoms with Gasteiger partial charge in [0.05, 0.1) is 25.4 Å². The Kier molecular flexibility index (Phi) is 11.1. The summed E-state index contributed by atoms with van der Waals surface area (Å²) in [6, 6.07) is 0.449. The molecule has 0 radical (unpaired) electrons. The highest BCUT2D eigenvalue weighted by molar-refractivity contribution is 5.76. The van der Waals surface area contributed by atoms with E-state index in [0.717, 1.165) is 78.2 Å². The molecule has 2 aliphatic rings. The zero-order valence-corrected chi connectivity index (χ0v) is 19.6.